The predicted octanol–water partition coefficient (Wildman–Crippen LogP) is 4.18. The van der Waals surface area contributed by atoms with E-state index in [1.165, 1.54) is 0 Å². The van der Waals surface area contributed by atoms with Crippen molar-refractivity contribution in [1.29, 1.82) is 0 Å². The van der Waals surface area contributed by atoms with Gasteiger partial charge in [0.25, 0.3) is 0 Å². The van der Waals surface area contributed by atoms with E-state index in [2.05, 4.69) is 10.2 Å². The van der Waals surface area contributed by atoms with Gasteiger partial charge in [0, 0.05) is 5.56 Å². The summed E-state index contributed by atoms with van der Waals surface area (Å²) in [4.78, 5) is 10.5. The summed E-state index contributed by atoms with van der Waals surface area (Å²) in [6.07, 6.45) is 1.65. The van der Waals surface area contributed by atoms with Crippen LogP contribution in [-0.4, -0.2) is 11.4 Å². The topological polar surface area (TPSA) is 62.0 Å². The van der Waals surface area contributed by atoms with Crippen molar-refractivity contribution in [1.82, 2.24) is 0 Å². The SMILES string of the molecule is CCc1ccc(O)c(N=Nc2ccc(C=O)cc2)c1. The average Bonchev–Trinajstić information content (AvgIpc) is 2.47. The van der Waals surface area contributed by atoms with Gasteiger partial charge >= 0.3 is 0 Å². The molecule has 4 heteroatoms. The fourth-order valence-electron chi connectivity index (χ4n) is 1.60. The quantitative estimate of drug-likeness (QED) is 0.657. The molecular formula is C15H14N2O2. The Bertz CT molecular complexity index is 604. The van der Waals surface area contributed by atoms with Crippen LogP contribution in [0.3, 0.4) is 0 Å². The highest BCUT2D eigenvalue weighted by Crippen LogP contribution is 2.29. The maximum Gasteiger partial charge on any atom is 0.150 e. The van der Waals surface area contributed by atoms with Gasteiger partial charge in [-0.3, -0.25) is 4.79 Å². The number of rotatable bonds is 4. The molecule has 2 aromatic carbocycles. The lowest BCUT2D eigenvalue weighted by molar-refractivity contribution is 0.112. The van der Waals surface area contributed by atoms with Gasteiger partial charge in [0.1, 0.15) is 17.7 Å². The zero-order chi connectivity index (χ0) is 13.7. The Morgan fingerprint density at radius 1 is 1.11 bits per heavy atom. The minimum Gasteiger partial charge on any atom is -0.506 e. The first kappa shape index (κ1) is 13.0. The number of benzene rings is 2. The number of carbonyl (C=O) groups is 1. The summed E-state index contributed by atoms with van der Waals surface area (Å²) in [5.74, 6) is 0.102. The number of azo groups is 1. The molecule has 0 heterocycles. The van der Waals surface area contributed by atoms with Crippen LogP contribution >= 0.6 is 0 Å². The number of hydrogen-bond acceptors (Lipinski definition) is 4. The summed E-state index contributed by atoms with van der Waals surface area (Å²) < 4.78 is 0. The highest BCUT2D eigenvalue weighted by atomic mass is 16.3. The van der Waals surface area contributed by atoms with Gasteiger partial charge < -0.3 is 5.11 Å². The van der Waals surface area contributed by atoms with E-state index < -0.39 is 0 Å². The maximum atomic E-state index is 10.5. The van der Waals surface area contributed by atoms with Gasteiger partial charge in [-0.15, -0.1) is 5.11 Å². The fraction of sp³-hybridized carbons (Fsp3) is 0.133. The smallest absolute Gasteiger partial charge is 0.150 e. The van der Waals surface area contributed by atoms with Crippen molar-refractivity contribution in [3.05, 3.63) is 53.6 Å². The number of aryl methyl sites for hydroxylation is 1. The Hall–Kier alpha value is -2.49. The van der Waals surface area contributed by atoms with E-state index in [1.807, 2.05) is 13.0 Å². The predicted molar refractivity (Wildman–Crippen MR) is 73.5 cm³/mol. The van der Waals surface area contributed by atoms with Crippen LogP contribution < -0.4 is 0 Å². The molecule has 2 aromatic rings. The molecule has 2 rings (SSSR count). The third-order valence-electron chi connectivity index (χ3n) is 2.75. The van der Waals surface area contributed by atoms with Gasteiger partial charge in [0.15, 0.2) is 0 Å². The molecule has 1 N–H and O–H groups in total. The molecule has 96 valence electrons. The third-order valence-corrected chi connectivity index (χ3v) is 2.75. The molecular weight excluding hydrogens is 240 g/mol. The second kappa shape index (κ2) is 5.91. The normalized spacial score (nSPS) is 10.8. The molecule has 4 nitrogen and oxygen atoms in total. The van der Waals surface area contributed by atoms with Crippen LogP contribution in [0.25, 0.3) is 0 Å². The number of aldehydes is 1. The first-order valence-corrected chi connectivity index (χ1v) is 6.02. The number of phenolic OH excluding ortho intramolecular Hbond substituents is 1. The largest absolute Gasteiger partial charge is 0.506 e. The van der Waals surface area contributed by atoms with E-state index in [0.29, 0.717) is 16.9 Å². The van der Waals surface area contributed by atoms with Crippen LogP contribution in [0, 0.1) is 0 Å². The number of nitrogens with zero attached hydrogens (tertiary/aromatic N) is 2. The maximum absolute atomic E-state index is 10.5. The van der Waals surface area contributed by atoms with Crippen LogP contribution in [-0.2, 0) is 6.42 Å². The van der Waals surface area contributed by atoms with E-state index in [1.54, 1.807) is 36.4 Å². The zero-order valence-electron chi connectivity index (χ0n) is 10.6. The first-order valence-electron chi connectivity index (χ1n) is 6.02. The molecule has 0 aromatic heterocycles. The molecule has 0 aliphatic heterocycles. The van der Waals surface area contributed by atoms with Gasteiger partial charge in [-0.05, 0) is 48.4 Å². The minimum absolute atomic E-state index is 0.102. The Morgan fingerprint density at radius 2 is 1.84 bits per heavy atom. The van der Waals surface area contributed by atoms with Crippen molar-refractivity contribution in [3.63, 3.8) is 0 Å². The van der Waals surface area contributed by atoms with Crippen molar-refractivity contribution in [2.24, 2.45) is 10.2 Å². The second-order valence-electron chi connectivity index (χ2n) is 4.09. The molecule has 0 spiro atoms. The van der Waals surface area contributed by atoms with E-state index in [-0.39, 0.29) is 5.75 Å². The molecule has 0 atom stereocenters. The lowest BCUT2D eigenvalue weighted by Crippen LogP contribution is -1.78. The summed E-state index contributed by atoms with van der Waals surface area (Å²) in [7, 11) is 0. The van der Waals surface area contributed by atoms with Gasteiger partial charge in [0.2, 0.25) is 0 Å². The fourth-order valence-corrected chi connectivity index (χ4v) is 1.60. The number of carbonyl (C=O) groups excluding carboxylic acids is 1. The van der Waals surface area contributed by atoms with Crippen LogP contribution in [0.4, 0.5) is 11.4 Å². The molecule has 0 fully saturated rings. The van der Waals surface area contributed by atoms with Crippen molar-refractivity contribution in [2.75, 3.05) is 0 Å². The first-order chi connectivity index (χ1) is 9.22. The lowest BCUT2D eigenvalue weighted by atomic mass is 10.1. The Kier molecular flexibility index (Phi) is 4.03. The molecule has 19 heavy (non-hydrogen) atoms. The number of hydrogen-bond donors (Lipinski definition) is 1. The highest BCUT2D eigenvalue weighted by molar-refractivity contribution is 5.75. The minimum atomic E-state index is 0.102. The van der Waals surface area contributed by atoms with Crippen molar-refractivity contribution in [3.8, 4) is 5.75 Å². The van der Waals surface area contributed by atoms with E-state index in [9.17, 15) is 9.90 Å². The molecule has 0 saturated heterocycles. The van der Waals surface area contributed by atoms with Crippen molar-refractivity contribution < 1.29 is 9.90 Å². The molecule has 0 bridgehead atoms. The van der Waals surface area contributed by atoms with E-state index in [0.717, 1.165) is 18.3 Å². The van der Waals surface area contributed by atoms with Crippen LogP contribution in [0.15, 0.2) is 52.7 Å². The molecule has 0 unspecified atom stereocenters. The average molecular weight is 254 g/mol. The Morgan fingerprint density at radius 3 is 2.47 bits per heavy atom. The van der Waals surface area contributed by atoms with Gasteiger partial charge in [-0.1, -0.05) is 13.0 Å². The molecule has 0 aliphatic carbocycles. The molecule has 0 amide bonds. The number of phenols is 1. The van der Waals surface area contributed by atoms with Crippen LogP contribution in [0.2, 0.25) is 0 Å². The molecule has 0 radical (unpaired) electrons. The van der Waals surface area contributed by atoms with Gasteiger partial charge in [0.05, 0.1) is 5.69 Å². The monoisotopic (exact) mass is 254 g/mol. The Labute approximate surface area is 111 Å². The zero-order valence-corrected chi connectivity index (χ0v) is 10.6. The second-order valence-corrected chi connectivity index (χ2v) is 4.09. The van der Waals surface area contributed by atoms with Crippen molar-refractivity contribution in [2.45, 2.75) is 13.3 Å². The summed E-state index contributed by atoms with van der Waals surface area (Å²) in [5.41, 5.74) is 2.75. The summed E-state index contributed by atoms with van der Waals surface area (Å²) in [6.45, 7) is 2.03. The third kappa shape index (κ3) is 3.25. The molecule has 0 saturated carbocycles. The summed E-state index contributed by atoms with van der Waals surface area (Å²) in [5, 5.41) is 17.8. The standard InChI is InChI=1S/C15H14N2O2/c1-2-11-5-8-15(19)14(9-11)17-16-13-6-3-12(10-18)4-7-13/h3-10,19H,2H2,1H3. The van der Waals surface area contributed by atoms with Crippen LogP contribution in [0.5, 0.6) is 5.75 Å². The van der Waals surface area contributed by atoms with E-state index in [4.69, 9.17) is 0 Å². The van der Waals surface area contributed by atoms with Gasteiger partial charge in [-0.25, -0.2) is 0 Å². The Balaban J connectivity index is 2.23. The van der Waals surface area contributed by atoms with Crippen LogP contribution in [0.1, 0.15) is 22.8 Å². The lowest BCUT2D eigenvalue weighted by Gasteiger charge is -2.01. The van der Waals surface area contributed by atoms with E-state index >= 15 is 0 Å². The summed E-state index contributed by atoms with van der Waals surface area (Å²) >= 11 is 0. The molecule has 0 aliphatic rings. The number of aromatic hydroxyl groups is 1. The van der Waals surface area contributed by atoms with Gasteiger partial charge in [-0.2, -0.15) is 5.11 Å². The van der Waals surface area contributed by atoms with Crippen molar-refractivity contribution >= 4 is 17.7 Å². The summed E-state index contributed by atoms with van der Waals surface area (Å²) in [6, 6.07) is 12.0. The highest BCUT2D eigenvalue weighted by Gasteiger charge is 2.01.